The predicted molar refractivity (Wildman–Crippen MR) is 69.8 cm³/mol. The first-order chi connectivity index (χ1) is 9.24. The molecule has 1 atom stereocenters. The van der Waals surface area contributed by atoms with E-state index >= 15 is 0 Å². The van der Waals surface area contributed by atoms with E-state index < -0.39 is 5.92 Å². The lowest BCUT2D eigenvalue weighted by Crippen LogP contribution is -2.34. The summed E-state index contributed by atoms with van der Waals surface area (Å²) < 4.78 is 0. The summed E-state index contributed by atoms with van der Waals surface area (Å²) in [6, 6.07) is 11.2. The molecule has 0 aliphatic carbocycles. The lowest BCUT2D eigenvalue weighted by Gasteiger charge is -2.18. The Morgan fingerprint density at radius 3 is 2.68 bits per heavy atom. The number of hydrogen-bond acceptors (Lipinski definition) is 3. The lowest BCUT2D eigenvalue weighted by molar-refractivity contribution is -0.132. The summed E-state index contributed by atoms with van der Waals surface area (Å²) in [4.78, 5) is 13.9. The van der Waals surface area contributed by atoms with Crippen LogP contribution in [0.5, 0.6) is 0 Å². The molecular formula is C15H15N3O. The fraction of sp³-hybridized carbons (Fsp3) is 0.400. The summed E-state index contributed by atoms with van der Waals surface area (Å²) in [6.07, 6.45) is 2.42. The third kappa shape index (κ3) is 3.11. The molecule has 0 N–H and O–H groups in total. The summed E-state index contributed by atoms with van der Waals surface area (Å²) >= 11 is 0. The van der Waals surface area contributed by atoms with Crippen molar-refractivity contribution in [2.75, 3.05) is 13.1 Å². The molecular weight excluding hydrogens is 238 g/mol. The molecule has 19 heavy (non-hydrogen) atoms. The number of hydrogen-bond donors (Lipinski definition) is 0. The van der Waals surface area contributed by atoms with Crippen molar-refractivity contribution in [2.45, 2.75) is 19.3 Å². The number of benzene rings is 1. The second kappa shape index (κ2) is 6.02. The highest BCUT2D eigenvalue weighted by molar-refractivity contribution is 5.81. The molecule has 4 nitrogen and oxygen atoms in total. The molecule has 1 fully saturated rings. The van der Waals surface area contributed by atoms with Crippen molar-refractivity contribution in [1.82, 2.24) is 4.90 Å². The van der Waals surface area contributed by atoms with Crippen molar-refractivity contribution < 1.29 is 4.79 Å². The van der Waals surface area contributed by atoms with Crippen LogP contribution in [0.2, 0.25) is 0 Å². The minimum Gasteiger partial charge on any atom is -0.342 e. The molecule has 0 spiro atoms. The monoisotopic (exact) mass is 253 g/mol. The van der Waals surface area contributed by atoms with Gasteiger partial charge in [0.05, 0.1) is 17.7 Å². The highest BCUT2D eigenvalue weighted by Gasteiger charge is 2.26. The minimum atomic E-state index is -0.646. The van der Waals surface area contributed by atoms with E-state index in [1.54, 1.807) is 23.1 Å². The minimum absolute atomic E-state index is 0.0811. The molecule has 4 heteroatoms. The van der Waals surface area contributed by atoms with Gasteiger partial charge in [0.15, 0.2) is 0 Å². The van der Waals surface area contributed by atoms with Gasteiger partial charge in [-0.1, -0.05) is 12.1 Å². The Morgan fingerprint density at radius 2 is 2.05 bits per heavy atom. The quantitative estimate of drug-likeness (QED) is 0.825. The van der Waals surface area contributed by atoms with Crippen LogP contribution < -0.4 is 0 Å². The molecule has 1 aromatic rings. The Hall–Kier alpha value is -2.33. The molecule has 1 amide bonds. The molecule has 1 saturated heterocycles. The van der Waals surface area contributed by atoms with Crippen LogP contribution in [-0.2, 0) is 11.2 Å². The van der Waals surface area contributed by atoms with Gasteiger partial charge in [-0.15, -0.1) is 0 Å². The van der Waals surface area contributed by atoms with E-state index in [4.69, 9.17) is 5.26 Å². The highest BCUT2D eigenvalue weighted by Crippen LogP contribution is 2.16. The fourth-order valence-corrected chi connectivity index (χ4v) is 2.35. The number of nitriles is 2. The van der Waals surface area contributed by atoms with Gasteiger partial charge in [-0.25, -0.2) is 0 Å². The van der Waals surface area contributed by atoms with Crippen molar-refractivity contribution in [3.05, 3.63) is 35.4 Å². The Morgan fingerprint density at radius 1 is 1.32 bits per heavy atom. The van der Waals surface area contributed by atoms with Crippen molar-refractivity contribution in [3.63, 3.8) is 0 Å². The average molecular weight is 253 g/mol. The van der Waals surface area contributed by atoms with Crippen LogP contribution >= 0.6 is 0 Å². The molecule has 1 aromatic carbocycles. The van der Waals surface area contributed by atoms with Gasteiger partial charge in [-0.2, -0.15) is 10.5 Å². The third-order valence-corrected chi connectivity index (χ3v) is 3.37. The Kier molecular flexibility index (Phi) is 4.15. The second-order valence-corrected chi connectivity index (χ2v) is 4.73. The summed E-state index contributed by atoms with van der Waals surface area (Å²) in [5.74, 6) is -0.727. The summed E-state index contributed by atoms with van der Waals surface area (Å²) in [7, 11) is 0. The zero-order valence-electron chi connectivity index (χ0n) is 10.7. The van der Waals surface area contributed by atoms with E-state index in [1.165, 1.54) is 0 Å². The molecule has 1 unspecified atom stereocenters. The SMILES string of the molecule is N#Cc1cccc(CC(C#N)C(=O)N2CCCC2)c1. The number of carbonyl (C=O) groups excluding carboxylic acids is 1. The van der Waals surface area contributed by atoms with E-state index in [-0.39, 0.29) is 5.91 Å². The van der Waals surface area contributed by atoms with Crippen LogP contribution in [-0.4, -0.2) is 23.9 Å². The smallest absolute Gasteiger partial charge is 0.240 e. The van der Waals surface area contributed by atoms with Crippen LogP contribution in [0.15, 0.2) is 24.3 Å². The number of rotatable bonds is 3. The van der Waals surface area contributed by atoms with Gasteiger partial charge in [-0.05, 0) is 37.0 Å². The molecule has 1 heterocycles. The number of nitrogens with zero attached hydrogens (tertiary/aromatic N) is 3. The van der Waals surface area contributed by atoms with E-state index in [0.717, 1.165) is 31.5 Å². The van der Waals surface area contributed by atoms with Crippen molar-refractivity contribution >= 4 is 5.91 Å². The molecule has 96 valence electrons. The maximum Gasteiger partial charge on any atom is 0.240 e. The number of carbonyl (C=O) groups is 1. The lowest BCUT2D eigenvalue weighted by atomic mass is 9.98. The molecule has 0 aromatic heterocycles. The Labute approximate surface area is 112 Å². The van der Waals surface area contributed by atoms with E-state index in [9.17, 15) is 10.1 Å². The van der Waals surface area contributed by atoms with Crippen LogP contribution in [0.4, 0.5) is 0 Å². The number of likely N-dealkylation sites (tertiary alicyclic amines) is 1. The largest absolute Gasteiger partial charge is 0.342 e. The van der Waals surface area contributed by atoms with Crippen molar-refractivity contribution in [3.8, 4) is 12.1 Å². The van der Waals surface area contributed by atoms with Crippen LogP contribution in [0.25, 0.3) is 0 Å². The van der Waals surface area contributed by atoms with E-state index in [1.807, 2.05) is 6.07 Å². The first-order valence-corrected chi connectivity index (χ1v) is 6.42. The normalized spacial score (nSPS) is 15.6. The van der Waals surface area contributed by atoms with Gasteiger partial charge in [-0.3, -0.25) is 4.79 Å². The van der Waals surface area contributed by atoms with Crippen LogP contribution in [0.3, 0.4) is 0 Å². The van der Waals surface area contributed by atoms with Gasteiger partial charge in [0.25, 0.3) is 0 Å². The van der Waals surface area contributed by atoms with Gasteiger partial charge in [0.1, 0.15) is 5.92 Å². The standard InChI is InChI=1S/C15H15N3O/c16-10-13-5-3-4-12(8-13)9-14(11-17)15(19)18-6-1-2-7-18/h3-5,8,14H,1-2,6-7,9H2. The topological polar surface area (TPSA) is 67.9 Å². The van der Waals surface area contributed by atoms with Crippen LogP contribution in [0.1, 0.15) is 24.0 Å². The van der Waals surface area contributed by atoms with E-state index in [0.29, 0.717) is 12.0 Å². The second-order valence-electron chi connectivity index (χ2n) is 4.73. The Balaban J connectivity index is 2.08. The zero-order valence-corrected chi connectivity index (χ0v) is 10.7. The summed E-state index contributed by atoms with van der Waals surface area (Å²) in [6.45, 7) is 1.52. The average Bonchev–Trinajstić information content (AvgIpc) is 2.98. The molecule has 1 aliphatic heterocycles. The molecule has 2 rings (SSSR count). The first kappa shape index (κ1) is 13.1. The Bertz CT molecular complexity index is 547. The third-order valence-electron chi connectivity index (χ3n) is 3.37. The van der Waals surface area contributed by atoms with Crippen molar-refractivity contribution in [1.29, 1.82) is 10.5 Å². The maximum absolute atomic E-state index is 12.2. The molecule has 0 bridgehead atoms. The molecule has 0 radical (unpaired) electrons. The maximum atomic E-state index is 12.2. The first-order valence-electron chi connectivity index (χ1n) is 6.42. The van der Waals surface area contributed by atoms with Gasteiger partial charge < -0.3 is 4.90 Å². The number of amides is 1. The molecule has 0 saturated carbocycles. The van der Waals surface area contributed by atoms with Gasteiger partial charge in [0, 0.05) is 13.1 Å². The predicted octanol–water partition coefficient (Wildman–Crippen LogP) is 1.86. The van der Waals surface area contributed by atoms with Crippen molar-refractivity contribution in [2.24, 2.45) is 5.92 Å². The van der Waals surface area contributed by atoms with E-state index in [2.05, 4.69) is 12.1 Å². The highest BCUT2D eigenvalue weighted by atomic mass is 16.2. The molecule has 1 aliphatic rings. The van der Waals surface area contributed by atoms with Crippen LogP contribution in [0, 0.1) is 28.6 Å². The summed E-state index contributed by atoms with van der Waals surface area (Å²) in [5.41, 5.74) is 1.42. The fourth-order valence-electron chi connectivity index (χ4n) is 2.35. The zero-order chi connectivity index (χ0) is 13.7. The summed E-state index contributed by atoms with van der Waals surface area (Å²) in [5, 5.41) is 18.0. The van der Waals surface area contributed by atoms with Gasteiger partial charge in [0.2, 0.25) is 5.91 Å². The van der Waals surface area contributed by atoms with Gasteiger partial charge >= 0.3 is 0 Å².